The van der Waals surface area contributed by atoms with Crippen LogP contribution in [-0.2, 0) is 4.79 Å². The third-order valence-corrected chi connectivity index (χ3v) is 4.99. The highest BCUT2D eigenvalue weighted by Gasteiger charge is 2.15. The molecule has 1 aliphatic rings. The average molecular weight is 315 g/mol. The number of hydrogen-bond donors (Lipinski definition) is 2. The highest BCUT2D eigenvalue weighted by atomic mass is 32.1. The molecule has 2 aromatic rings. The topological polar surface area (TPSA) is 54.0 Å². The van der Waals surface area contributed by atoms with Crippen LogP contribution >= 0.6 is 11.3 Å². The Labute approximate surface area is 135 Å². The number of rotatable bonds is 5. The van der Waals surface area contributed by atoms with Crippen LogP contribution in [0.4, 0.5) is 5.69 Å². The van der Waals surface area contributed by atoms with Gasteiger partial charge in [0, 0.05) is 28.7 Å². The number of anilines is 1. The maximum absolute atomic E-state index is 12.0. The van der Waals surface area contributed by atoms with Crippen molar-refractivity contribution in [2.75, 3.05) is 18.4 Å². The lowest BCUT2D eigenvalue weighted by molar-refractivity contribution is -0.116. The van der Waals surface area contributed by atoms with Gasteiger partial charge in [0.05, 0.1) is 0 Å². The van der Waals surface area contributed by atoms with Gasteiger partial charge in [0.25, 0.3) is 0 Å². The molecule has 0 aliphatic carbocycles. The van der Waals surface area contributed by atoms with E-state index in [1.807, 2.05) is 36.6 Å². The second-order valence-corrected chi connectivity index (χ2v) is 6.68. The lowest BCUT2D eigenvalue weighted by Gasteiger charge is -2.09. The summed E-state index contributed by atoms with van der Waals surface area (Å²) in [6.07, 6.45) is 2.75. The Morgan fingerprint density at radius 2 is 2.23 bits per heavy atom. The van der Waals surface area contributed by atoms with Gasteiger partial charge >= 0.3 is 0 Å². The van der Waals surface area contributed by atoms with Crippen LogP contribution in [0.2, 0.25) is 0 Å². The molecule has 2 heterocycles. The van der Waals surface area contributed by atoms with Gasteiger partial charge in [0.15, 0.2) is 0 Å². The Morgan fingerprint density at radius 1 is 1.41 bits per heavy atom. The molecule has 4 nitrogen and oxygen atoms in total. The molecule has 1 aromatic carbocycles. The first kappa shape index (κ1) is 15.2. The van der Waals surface area contributed by atoms with Crippen molar-refractivity contribution in [3.05, 3.63) is 35.3 Å². The number of hydrogen-bond acceptors (Lipinski definition) is 4. The number of amides is 1. The summed E-state index contributed by atoms with van der Waals surface area (Å²) in [6, 6.07) is 7.91. The van der Waals surface area contributed by atoms with Crippen LogP contribution < -0.4 is 10.6 Å². The van der Waals surface area contributed by atoms with Crippen molar-refractivity contribution in [2.24, 2.45) is 5.92 Å². The van der Waals surface area contributed by atoms with Gasteiger partial charge in [-0.1, -0.05) is 0 Å². The van der Waals surface area contributed by atoms with Crippen LogP contribution in [0.5, 0.6) is 0 Å². The summed E-state index contributed by atoms with van der Waals surface area (Å²) >= 11 is 1.64. The molecule has 0 radical (unpaired) electrons. The van der Waals surface area contributed by atoms with Gasteiger partial charge in [-0.3, -0.25) is 4.79 Å². The Morgan fingerprint density at radius 3 is 2.86 bits per heavy atom. The zero-order valence-electron chi connectivity index (χ0n) is 12.8. The standard InChI is InChI=1S/C17H21N3OS/c1-12-11-22-17(19-12)14-3-5-15(6-4-14)20-16(21)7-2-13-8-9-18-10-13/h3-6,11,13,18H,2,7-10H2,1H3,(H,20,21). The molecule has 1 atom stereocenters. The van der Waals surface area contributed by atoms with Gasteiger partial charge in [-0.25, -0.2) is 4.98 Å². The largest absolute Gasteiger partial charge is 0.326 e. The van der Waals surface area contributed by atoms with Crippen molar-refractivity contribution in [1.82, 2.24) is 10.3 Å². The molecule has 1 saturated heterocycles. The summed E-state index contributed by atoms with van der Waals surface area (Å²) in [5.41, 5.74) is 2.98. The lowest BCUT2D eigenvalue weighted by atomic mass is 10.0. The summed E-state index contributed by atoms with van der Waals surface area (Å²) in [5.74, 6) is 0.756. The van der Waals surface area contributed by atoms with Crippen molar-refractivity contribution in [3.63, 3.8) is 0 Å². The van der Waals surface area contributed by atoms with Gasteiger partial charge in [-0.15, -0.1) is 11.3 Å². The van der Waals surface area contributed by atoms with E-state index in [0.717, 1.165) is 41.5 Å². The molecule has 1 unspecified atom stereocenters. The molecule has 5 heteroatoms. The van der Waals surface area contributed by atoms with E-state index in [2.05, 4.69) is 15.6 Å². The van der Waals surface area contributed by atoms with Crippen LogP contribution in [0, 0.1) is 12.8 Å². The van der Waals surface area contributed by atoms with Crippen molar-refractivity contribution in [2.45, 2.75) is 26.2 Å². The molecule has 1 fully saturated rings. The highest BCUT2D eigenvalue weighted by molar-refractivity contribution is 7.13. The van der Waals surface area contributed by atoms with Gasteiger partial charge in [-0.2, -0.15) is 0 Å². The zero-order valence-corrected chi connectivity index (χ0v) is 13.6. The minimum absolute atomic E-state index is 0.102. The summed E-state index contributed by atoms with van der Waals surface area (Å²) in [7, 11) is 0. The number of nitrogens with zero attached hydrogens (tertiary/aromatic N) is 1. The number of carbonyl (C=O) groups excluding carboxylic acids is 1. The molecule has 116 valence electrons. The number of aromatic nitrogens is 1. The van der Waals surface area contributed by atoms with Crippen molar-refractivity contribution < 1.29 is 4.79 Å². The van der Waals surface area contributed by atoms with Gasteiger partial charge in [0.2, 0.25) is 5.91 Å². The fourth-order valence-electron chi connectivity index (χ4n) is 2.70. The van der Waals surface area contributed by atoms with Crippen LogP contribution in [0.25, 0.3) is 10.6 Å². The molecule has 3 rings (SSSR count). The Hall–Kier alpha value is -1.72. The van der Waals surface area contributed by atoms with Crippen molar-refractivity contribution >= 4 is 22.9 Å². The summed E-state index contributed by atoms with van der Waals surface area (Å²) in [5, 5.41) is 9.37. The SMILES string of the molecule is Cc1csc(-c2ccc(NC(=O)CCC3CCNC3)cc2)n1. The predicted octanol–water partition coefficient (Wildman–Crippen LogP) is 3.45. The molecule has 22 heavy (non-hydrogen) atoms. The maximum atomic E-state index is 12.0. The first-order valence-corrected chi connectivity index (χ1v) is 8.62. The van der Waals surface area contributed by atoms with Gasteiger partial charge in [0.1, 0.15) is 5.01 Å². The van der Waals surface area contributed by atoms with Crippen LogP contribution in [-0.4, -0.2) is 24.0 Å². The first-order chi connectivity index (χ1) is 10.7. The smallest absolute Gasteiger partial charge is 0.224 e. The Bertz CT molecular complexity index is 630. The van der Waals surface area contributed by atoms with Crippen molar-refractivity contribution in [3.8, 4) is 10.6 Å². The third kappa shape index (κ3) is 3.93. The quantitative estimate of drug-likeness (QED) is 0.888. The fourth-order valence-corrected chi connectivity index (χ4v) is 3.51. The molecular weight excluding hydrogens is 294 g/mol. The van der Waals surface area contributed by atoms with E-state index in [4.69, 9.17) is 0 Å². The average Bonchev–Trinajstić information content (AvgIpc) is 3.17. The molecule has 1 amide bonds. The summed E-state index contributed by atoms with van der Waals surface area (Å²) in [4.78, 5) is 16.5. The highest BCUT2D eigenvalue weighted by Crippen LogP contribution is 2.25. The van der Waals surface area contributed by atoms with Crippen LogP contribution in [0.3, 0.4) is 0 Å². The number of thiazole rings is 1. The molecular formula is C17H21N3OS. The third-order valence-electron chi connectivity index (χ3n) is 3.98. The van der Waals surface area contributed by atoms with E-state index in [9.17, 15) is 4.79 Å². The second kappa shape index (κ2) is 7.03. The Kier molecular flexibility index (Phi) is 4.85. The zero-order chi connectivity index (χ0) is 15.4. The Balaban J connectivity index is 1.53. The molecule has 0 spiro atoms. The van der Waals surface area contributed by atoms with Gasteiger partial charge < -0.3 is 10.6 Å². The van der Waals surface area contributed by atoms with E-state index < -0.39 is 0 Å². The lowest BCUT2D eigenvalue weighted by Crippen LogP contribution is -2.14. The molecule has 0 bridgehead atoms. The summed E-state index contributed by atoms with van der Waals surface area (Å²) in [6.45, 7) is 4.13. The van der Waals surface area contributed by atoms with E-state index in [1.165, 1.54) is 6.42 Å². The monoisotopic (exact) mass is 315 g/mol. The van der Waals surface area contributed by atoms with Gasteiger partial charge in [-0.05, 0) is 63.0 Å². The fraction of sp³-hybridized carbons (Fsp3) is 0.412. The minimum atomic E-state index is 0.102. The van der Waals surface area contributed by atoms with E-state index in [1.54, 1.807) is 11.3 Å². The molecule has 2 N–H and O–H groups in total. The van der Waals surface area contributed by atoms with E-state index >= 15 is 0 Å². The van der Waals surface area contributed by atoms with Crippen molar-refractivity contribution in [1.29, 1.82) is 0 Å². The number of aryl methyl sites for hydroxylation is 1. The number of nitrogens with one attached hydrogen (secondary N) is 2. The minimum Gasteiger partial charge on any atom is -0.326 e. The van der Waals surface area contributed by atoms with E-state index in [0.29, 0.717) is 12.3 Å². The number of carbonyl (C=O) groups is 1. The maximum Gasteiger partial charge on any atom is 0.224 e. The van der Waals surface area contributed by atoms with Crippen LogP contribution in [0.15, 0.2) is 29.6 Å². The van der Waals surface area contributed by atoms with E-state index in [-0.39, 0.29) is 5.91 Å². The molecule has 0 saturated carbocycles. The first-order valence-electron chi connectivity index (χ1n) is 7.74. The number of benzene rings is 1. The predicted molar refractivity (Wildman–Crippen MR) is 91.1 cm³/mol. The van der Waals surface area contributed by atoms with Crippen LogP contribution in [0.1, 0.15) is 25.0 Å². The summed E-state index contributed by atoms with van der Waals surface area (Å²) < 4.78 is 0. The second-order valence-electron chi connectivity index (χ2n) is 5.82. The normalized spacial score (nSPS) is 17.6. The molecule has 1 aromatic heterocycles. The molecule has 1 aliphatic heterocycles.